The predicted octanol–water partition coefficient (Wildman–Crippen LogP) is 3.78. The van der Waals surface area contributed by atoms with Crippen LogP contribution < -0.4 is 5.32 Å². The number of benzene rings is 2. The zero-order valence-electron chi connectivity index (χ0n) is 14.8. The lowest BCUT2D eigenvalue weighted by Gasteiger charge is -2.14. The monoisotopic (exact) mass is 390 g/mol. The molecule has 2 N–H and O–H groups in total. The smallest absolute Gasteiger partial charge is 0.388 e. The minimum Gasteiger partial charge on any atom is -0.388 e. The molecule has 0 aliphatic rings. The number of rotatable bonds is 6. The summed E-state index contributed by atoms with van der Waals surface area (Å²) in [5.41, 5.74) is 0.566. The molecule has 146 valence electrons. The standard InChI is InChI=1S/C20H17F3N2O3/c1-12-2-4-13(5-3-12)17(26)10-18(27)16(11-24)19(28)25-15-8-6-14(7-9-15)20(21,22)23/h2-9,16-17,26H,10H2,1H3,(H,25,28). The number of hydrogen-bond acceptors (Lipinski definition) is 4. The van der Waals surface area contributed by atoms with E-state index in [1.807, 2.05) is 6.92 Å². The molecule has 0 fully saturated rings. The summed E-state index contributed by atoms with van der Waals surface area (Å²) in [6.45, 7) is 1.86. The average molecular weight is 390 g/mol. The van der Waals surface area contributed by atoms with Gasteiger partial charge in [-0.25, -0.2) is 0 Å². The highest BCUT2D eigenvalue weighted by molar-refractivity contribution is 6.09. The number of alkyl halides is 3. The van der Waals surface area contributed by atoms with Gasteiger partial charge >= 0.3 is 6.18 Å². The van der Waals surface area contributed by atoms with Crippen LogP contribution >= 0.6 is 0 Å². The van der Waals surface area contributed by atoms with Crippen LogP contribution in [0.2, 0.25) is 0 Å². The van der Waals surface area contributed by atoms with Gasteiger partial charge in [0.1, 0.15) is 0 Å². The van der Waals surface area contributed by atoms with Crippen molar-refractivity contribution in [2.45, 2.75) is 25.6 Å². The molecule has 0 radical (unpaired) electrons. The van der Waals surface area contributed by atoms with Gasteiger partial charge < -0.3 is 10.4 Å². The lowest BCUT2D eigenvalue weighted by Crippen LogP contribution is -2.29. The Kier molecular flexibility index (Phi) is 6.54. The first-order valence-corrected chi connectivity index (χ1v) is 8.27. The molecule has 2 rings (SSSR count). The van der Waals surface area contributed by atoms with Gasteiger partial charge in [0.05, 0.1) is 17.7 Å². The molecule has 0 aliphatic carbocycles. The fourth-order valence-corrected chi connectivity index (χ4v) is 2.45. The first-order valence-electron chi connectivity index (χ1n) is 8.27. The van der Waals surface area contributed by atoms with Crippen LogP contribution in [0.15, 0.2) is 48.5 Å². The normalized spacial score (nSPS) is 13.3. The number of nitrogens with one attached hydrogen (secondary N) is 1. The first kappa shape index (κ1) is 21.1. The van der Waals surface area contributed by atoms with Crippen LogP contribution in [0.3, 0.4) is 0 Å². The van der Waals surface area contributed by atoms with E-state index >= 15 is 0 Å². The molecule has 0 aliphatic heterocycles. The predicted molar refractivity (Wildman–Crippen MR) is 94.9 cm³/mol. The van der Waals surface area contributed by atoms with Gasteiger partial charge in [0.2, 0.25) is 5.91 Å². The van der Waals surface area contributed by atoms with Crippen molar-refractivity contribution in [1.29, 1.82) is 5.26 Å². The Hall–Kier alpha value is -3.18. The highest BCUT2D eigenvalue weighted by Crippen LogP contribution is 2.30. The highest BCUT2D eigenvalue weighted by Gasteiger charge is 2.31. The van der Waals surface area contributed by atoms with E-state index in [1.54, 1.807) is 30.3 Å². The molecule has 0 saturated heterocycles. The first-order chi connectivity index (χ1) is 13.1. The van der Waals surface area contributed by atoms with E-state index in [0.717, 1.165) is 29.8 Å². The van der Waals surface area contributed by atoms with E-state index in [9.17, 15) is 27.9 Å². The molecule has 2 aromatic carbocycles. The third-order valence-corrected chi connectivity index (χ3v) is 4.05. The van der Waals surface area contributed by atoms with E-state index in [4.69, 9.17) is 5.26 Å². The molecule has 0 bridgehead atoms. The number of aliphatic hydroxyl groups excluding tert-OH is 1. The van der Waals surface area contributed by atoms with Crippen LogP contribution in [0.4, 0.5) is 18.9 Å². The molecule has 2 unspecified atom stereocenters. The Labute approximate surface area is 159 Å². The average Bonchev–Trinajstić information content (AvgIpc) is 2.62. The highest BCUT2D eigenvalue weighted by atomic mass is 19.4. The third-order valence-electron chi connectivity index (χ3n) is 4.05. The van der Waals surface area contributed by atoms with Crippen LogP contribution in [-0.2, 0) is 15.8 Å². The van der Waals surface area contributed by atoms with Crippen LogP contribution in [0.25, 0.3) is 0 Å². The maximum absolute atomic E-state index is 12.6. The Bertz CT molecular complexity index is 885. The zero-order valence-corrected chi connectivity index (χ0v) is 14.8. The van der Waals surface area contributed by atoms with Gasteiger partial charge in [0, 0.05) is 12.1 Å². The summed E-state index contributed by atoms with van der Waals surface area (Å²) in [6.07, 6.45) is -6.13. The second kappa shape index (κ2) is 8.67. The number of anilines is 1. The third kappa shape index (κ3) is 5.41. The summed E-state index contributed by atoms with van der Waals surface area (Å²) in [5, 5.41) is 21.5. The van der Waals surface area contributed by atoms with Crippen LogP contribution in [0, 0.1) is 24.2 Å². The number of halogens is 3. The SMILES string of the molecule is Cc1ccc(C(O)CC(=O)C(C#N)C(=O)Nc2ccc(C(F)(F)F)cc2)cc1. The molecule has 0 heterocycles. The molecule has 0 spiro atoms. The van der Waals surface area contributed by atoms with Crippen molar-refractivity contribution in [2.24, 2.45) is 5.92 Å². The molecule has 28 heavy (non-hydrogen) atoms. The quantitative estimate of drug-likeness (QED) is 0.735. The van der Waals surface area contributed by atoms with Crippen molar-refractivity contribution >= 4 is 17.4 Å². The van der Waals surface area contributed by atoms with Crippen LogP contribution in [0.1, 0.15) is 29.2 Å². The fourth-order valence-electron chi connectivity index (χ4n) is 2.45. The van der Waals surface area contributed by atoms with Gasteiger partial charge in [0.25, 0.3) is 0 Å². The number of nitrogens with zero attached hydrogens (tertiary/aromatic N) is 1. The molecule has 5 nitrogen and oxygen atoms in total. The van der Waals surface area contributed by atoms with E-state index < -0.39 is 41.9 Å². The molecular weight excluding hydrogens is 373 g/mol. The summed E-state index contributed by atoms with van der Waals surface area (Å²) in [7, 11) is 0. The van der Waals surface area contributed by atoms with Crippen molar-refractivity contribution in [3.05, 3.63) is 65.2 Å². The molecule has 0 saturated carbocycles. The lowest BCUT2D eigenvalue weighted by atomic mass is 9.96. The number of carbonyl (C=O) groups is 2. The van der Waals surface area contributed by atoms with E-state index in [1.165, 1.54) is 0 Å². The Morgan fingerprint density at radius 1 is 1.11 bits per heavy atom. The molecule has 2 aromatic rings. The number of nitriles is 1. The second-order valence-corrected chi connectivity index (χ2v) is 6.22. The summed E-state index contributed by atoms with van der Waals surface area (Å²) in [4.78, 5) is 24.4. The second-order valence-electron chi connectivity index (χ2n) is 6.22. The summed E-state index contributed by atoms with van der Waals surface area (Å²) >= 11 is 0. The number of Topliss-reactive ketones (excluding diaryl/α,β-unsaturated/α-hetero) is 1. The number of aliphatic hydroxyl groups is 1. The van der Waals surface area contributed by atoms with Gasteiger partial charge in [-0.05, 0) is 36.8 Å². The number of ketones is 1. The van der Waals surface area contributed by atoms with Crippen molar-refractivity contribution in [2.75, 3.05) is 5.32 Å². The topological polar surface area (TPSA) is 90.2 Å². The summed E-state index contributed by atoms with van der Waals surface area (Å²) in [5.74, 6) is -3.45. The minimum absolute atomic E-state index is 0.0186. The van der Waals surface area contributed by atoms with Crippen molar-refractivity contribution in [3.63, 3.8) is 0 Å². The fraction of sp³-hybridized carbons (Fsp3) is 0.250. The molecule has 2 atom stereocenters. The van der Waals surface area contributed by atoms with E-state index in [0.29, 0.717) is 5.56 Å². The van der Waals surface area contributed by atoms with Gasteiger partial charge in [-0.15, -0.1) is 0 Å². The minimum atomic E-state index is -4.51. The van der Waals surface area contributed by atoms with E-state index in [2.05, 4.69) is 5.32 Å². The zero-order chi connectivity index (χ0) is 20.9. The molecular formula is C20H17F3N2O3. The summed E-state index contributed by atoms with van der Waals surface area (Å²) in [6, 6.07) is 12.0. The van der Waals surface area contributed by atoms with Gasteiger partial charge in [-0.3, -0.25) is 9.59 Å². The number of hydrogen-bond donors (Lipinski definition) is 2. The lowest BCUT2D eigenvalue weighted by molar-refractivity contribution is -0.137. The molecule has 8 heteroatoms. The van der Waals surface area contributed by atoms with Crippen LogP contribution in [0.5, 0.6) is 0 Å². The van der Waals surface area contributed by atoms with Crippen molar-refractivity contribution in [3.8, 4) is 6.07 Å². The molecule has 0 aromatic heterocycles. The van der Waals surface area contributed by atoms with Gasteiger partial charge in [0.15, 0.2) is 11.7 Å². The van der Waals surface area contributed by atoms with Crippen LogP contribution in [-0.4, -0.2) is 16.8 Å². The molecule has 1 amide bonds. The van der Waals surface area contributed by atoms with Crippen molar-refractivity contribution in [1.82, 2.24) is 0 Å². The van der Waals surface area contributed by atoms with E-state index in [-0.39, 0.29) is 5.69 Å². The maximum Gasteiger partial charge on any atom is 0.416 e. The number of amides is 1. The summed E-state index contributed by atoms with van der Waals surface area (Å²) < 4.78 is 37.7. The number of carbonyl (C=O) groups excluding carboxylic acids is 2. The van der Waals surface area contributed by atoms with Gasteiger partial charge in [-0.2, -0.15) is 18.4 Å². The Balaban J connectivity index is 2.03. The largest absolute Gasteiger partial charge is 0.416 e. The maximum atomic E-state index is 12.6. The Morgan fingerprint density at radius 2 is 1.68 bits per heavy atom. The van der Waals surface area contributed by atoms with Crippen molar-refractivity contribution < 1.29 is 27.9 Å². The van der Waals surface area contributed by atoms with Gasteiger partial charge in [-0.1, -0.05) is 29.8 Å². The Morgan fingerprint density at radius 3 is 2.18 bits per heavy atom. The number of aryl methyl sites for hydroxylation is 1.